The zero-order valence-electron chi connectivity index (χ0n) is 11.9. The lowest BCUT2D eigenvalue weighted by molar-refractivity contribution is -0.384. The smallest absolute Gasteiger partial charge is 0.325 e. The second kappa shape index (κ2) is 6.56. The highest BCUT2D eigenvalue weighted by Crippen LogP contribution is 2.29. The molecule has 0 aliphatic rings. The number of carboxylic acids is 1. The van der Waals surface area contributed by atoms with E-state index in [-0.39, 0.29) is 22.7 Å². The number of benzene rings is 1. The van der Waals surface area contributed by atoms with Crippen molar-refractivity contribution in [3.05, 3.63) is 46.3 Å². The molecule has 0 unspecified atom stereocenters. The number of nitrogens with one attached hydrogen (secondary N) is 1. The van der Waals surface area contributed by atoms with Gasteiger partial charge in [0.25, 0.3) is 11.6 Å². The predicted octanol–water partition coefficient (Wildman–Crippen LogP) is 1.14. The molecule has 0 saturated heterocycles. The number of amides is 1. The number of anilines is 1. The molecule has 0 aliphatic heterocycles. The summed E-state index contributed by atoms with van der Waals surface area (Å²) in [5, 5.41) is 25.8. The van der Waals surface area contributed by atoms with Crippen molar-refractivity contribution >= 4 is 23.3 Å². The molecule has 1 amide bonds. The SMILES string of the molecule is COc1ccc(NC(=O)c2cnn(CC(=O)O)c2)c([N+](=O)[O-])c1. The third-order valence-corrected chi connectivity index (χ3v) is 2.84. The number of carbonyl (C=O) groups is 2. The lowest BCUT2D eigenvalue weighted by atomic mass is 10.2. The minimum absolute atomic E-state index is 0.00761. The van der Waals surface area contributed by atoms with Crippen LogP contribution in [0.5, 0.6) is 5.75 Å². The van der Waals surface area contributed by atoms with Crippen LogP contribution in [0.1, 0.15) is 10.4 Å². The van der Waals surface area contributed by atoms with Crippen LogP contribution in [0, 0.1) is 10.1 Å². The first-order chi connectivity index (χ1) is 10.9. The minimum Gasteiger partial charge on any atom is -0.496 e. The molecule has 1 aromatic heterocycles. The summed E-state index contributed by atoms with van der Waals surface area (Å²) in [7, 11) is 1.37. The van der Waals surface area contributed by atoms with Gasteiger partial charge in [0.2, 0.25) is 0 Å². The van der Waals surface area contributed by atoms with Crippen molar-refractivity contribution in [2.45, 2.75) is 6.54 Å². The molecule has 0 fully saturated rings. The average Bonchev–Trinajstić information content (AvgIpc) is 2.95. The summed E-state index contributed by atoms with van der Waals surface area (Å²) in [6.07, 6.45) is 2.41. The highest BCUT2D eigenvalue weighted by atomic mass is 16.6. The van der Waals surface area contributed by atoms with Gasteiger partial charge >= 0.3 is 5.97 Å². The highest BCUT2D eigenvalue weighted by molar-refractivity contribution is 6.05. The van der Waals surface area contributed by atoms with Crippen LogP contribution < -0.4 is 10.1 Å². The van der Waals surface area contributed by atoms with Gasteiger partial charge in [-0.15, -0.1) is 0 Å². The average molecular weight is 320 g/mol. The van der Waals surface area contributed by atoms with Gasteiger partial charge in [0.15, 0.2) is 0 Å². The van der Waals surface area contributed by atoms with Gasteiger partial charge in [0, 0.05) is 6.20 Å². The molecule has 120 valence electrons. The molecule has 2 rings (SSSR count). The number of carbonyl (C=O) groups excluding carboxylic acids is 1. The quantitative estimate of drug-likeness (QED) is 0.601. The molecule has 10 nitrogen and oxygen atoms in total. The van der Waals surface area contributed by atoms with Crippen LogP contribution >= 0.6 is 0 Å². The van der Waals surface area contributed by atoms with E-state index in [1.54, 1.807) is 0 Å². The Morgan fingerprint density at radius 3 is 2.83 bits per heavy atom. The number of nitrogens with zero attached hydrogens (tertiary/aromatic N) is 3. The maximum absolute atomic E-state index is 12.1. The maximum atomic E-state index is 12.1. The van der Waals surface area contributed by atoms with Gasteiger partial charge in [-0.3, -0.25) is 24.4 Å². The number of methoxy groups -OCH3 is 1. The Bertz CT molecular complexity index is 770. The van der Waals surface area contributed by atoms with E-state index in [0.717, 1.165) is 4.68 Å². The number of rotatable bonds is 6. The molecule has 2 aromatic rings. The molecule has 1 aromatic carbocycles. The number of hydrogen-bond acceptors (Lipinski definition) is 6. The number of nitro groups is 1. The molecule has 2 N–H and O–H groups in total. The number of carboxylic acid groups (broad SMARTS) is 1. The largest absolute Gasteiger partial charge is 0.496 e. The molecule has 0 bridgehead atoms. The standard InChI is InChI=1S/C13H12N4O6/c1-23-9-2-3-10(11(4-9)17(21)22)15-13(20)8-5-14-16(6-8)7-12(18)19/h2-6H,7H2,1H3,(H,15,20)(H,18,19). The van der Waals surface area contributed by atoms with E-state index in [1.807, 2.05) is 0 Å². The van der Waals surface area contributed by atoms with Crippen molar-refractivity contribution in [2.24, 2.45) is 0 Å². The molecule has 0 spiro atoms. The van der Waals surface area contributed by atoms with Crippen molar-refractivity contribution < 1.29 is 24.4 Å². The van der Waals surface area contributed by atoms with E-state index in [2.05, 4.69) is 10.4 Å². The van der Waals surface area contributed by atoms with E-state index >= 15 is 0 Å². The van der Waals surface area contributed by atoms with Crippen LogP contribution in [0.2, 0.25) is 0 Å². The summed E-state index contributed by atoms with van der Waals surface area (Å²) in [4.78, 5) is 33.1. The van der Waals surface area contributed by atoms with Gasteiger partial charge < -0.3 is 15.2 Å². The minimum atomic E-state index is -1.11. The van der Waals surface area contributed by atoms with Crippen molar-refractivity contribution in [3.63, 3.8) is 0 Å². The summed E-state index contributed by atoms with van der Waals surface area (Å²) in [5.74, 6) is -1.47. The topological polar surface area (TPSA) is 137 Å². The molecule has 0 radical (unpaired) electrons. The summed E-state index contributed by atoms with van der Waals surface area (Å²) < 4.78 is 5.97. The van der Waals surface area contributed by atoms with E-state index in [1.165, 1.54) is 37.7 Å². The van der Waals surface area contributed by atoms with E-state index in [4.69, 9.17) is 9.84 Å². The monoisotopic (exact) mass is 320 g/mol. The second-order valence-corrected chi connectivity index (χ2v) is 4.41. The van der Waals surface area contributed by atoms with Gasteiger partial charge in [-0.05, 0) is 12.1 Å². The van der Waals surface area contributed by atoms with Gasteiger partial charge in [-0.25, -0.2) is 0 Å². The van der Waals surface area contributed by atoms with Gasteiger partial charge in [-0.2, -0.15) is 5.10 Å². The number of aromatic nitrogens is 2. The molecular formula is C13H12N4O6. The molecule has 0 atom stereocenters. The van der Waals surface area contributed by atoms with Crippen LogP contribution in [0.25, 0.3) is 0 Å². The molecule has 1 heterocycles. The Kier molecular flexibility index (Phi) is 4.55. The summed E-state index contributed by atoms with van der Waals surface area (Å²) in [5.41, 5.74) is -0.251. The zero-order valence-corrected chi connectivity index (χ0v) is 11.9. The Morgan fingerprint density at radius 2 is 2.22 bits per heavy atom. The second-order valence-electron chi connectivity index (χ2n) is 4.41. The molecule has 0 saturated carbocycles. The van der Waals surface area contributed by atoms with Crippen LogP contribution in [0.3, 0.4) is 0 Å². The fourth-order valence-corrected chi connectivity index (χ4v) is 1.80. The Morgan fingerprint density at radius 1 is 1.48 bits per heavy atom. The fraction of sp³-hybridized carbons (Fsp3) is 0.154. The van der Waals surface area contributed by atoms with Gasteiger partial charge in [-0.1, -0.05) is 0 Å². The number of nitro benzene ring substituents is 1. The van der Waals surface area contributed by atoms with Crippen molar-refractivity contribution in [3.8, 4) is 5.75 Å². The summed E-state index contributed by atoms with van der Waals surface area (Å²) in [6.45, 7) is -0.393. The Balaban J connectivity index is 2.21. The fourth-order valence-electron chi connectivity index (χ4n) is 1.80. The van der Waals surface area contributed by atoms with E-state index < -0.39 is 23.3 Å². The maximum Gasteiger partial charge on any atom is 0.325 e. The van der Waals surface area contributed by atoms with Crippen LogP contribution in [-0.4, -0.2) is 38.8 Å². The normalized spacial score (nSPS) is 10.1. The molecule has 0 aliphatic carbocycles. The Hall–Kier alpha value is -3.43. The summed E-state index contributed by atoms with van der Waals surface area (Å²) in [6, 6.07) is 4.00. The molecular weight excluding hydrogens is 308 g/mol. The van der Waals surface area contributed by atoms with Crippen molar-refractivity contribution in [1.29, 1.82) is 0 Å². The first kappa shape index (κ1) is 15.9. The third-order valence-electron chi connectivity index (χ3n) is 2.84. The summed E-state index contributed by atoms with van der Waals surface area (Å²) >= 11 is 0. The lowest BCUT2D eigenvalue weighted by Crippen LogP contribution is -2.13. The van der Waals surface area contributed by atoms with Crippen LogP contribution in [-0.2, 0) is 11.3 Å². The number of hydrogen-bond donors (Lipinski definition) is 2. The lowest BCUT2D eigenvalue weighted by Gasteiger charge is -2.06. The van der Waals surface area contributed by atoms with Crippen molar-refractivity contribution in [2.75, 3.05) is 12.4 Å². The zero-order chi connectivity index (χ0) is 17.0. The Labute approximate surface area is 129 Å². The predicted molar refractivity (Wildman–Crippen MR) is 77.5 cm³/mol. The number of aliphatic carboxylic acids is 1. The van der Waals surface area contributed by atoms with E-state index in [9.17, 15) is 19.7 Å². The van der Waals surface area contributed by atoms with Crippen LogP contribution in [0.4, 0.5) is 11.4 Å². The van der Waals surface area contributed by atoms with Gasteiger partial charge in [0.05, 0.1) is 29.9 Å². The first-order valence-corrected chi connectivity index (χ1v) is 6.28. The molecule has 10 heteroatoms. The van der Waals surface area contributed by atoms with Crippen LogP contribution in [0.15, 0.2) is 30.6 Å². The first-order valence-electron chi connectivity index (χ1n) is 6.28. The van der Waals surface area contributed by atoms with Gasteiger partial charge in [0.1, 0.15) is 18.0 Å². The van der Waals surface area contributed by atoms with Crippen molar-refractivity contribution in [1.82, 2.24) is 9.78 Å². The molecule has 23 heavy (non-hydrogen) atoms. The number of ether oxygens (including phenoxy) is 1. The highest BCUT2D eigenvalue weighted by Gasteiger charge is 2.19. The van der Waals surface area contributed by atoms with E-state index in [0.29, 0.717) is 0 Å². The third kappa shape index (κ3) is 3.81.